The highest BCUT2D eigenvalue weighted by Gasteiger charge is 2.34. The molecule has 1 amide bonds. The van der Waals surface area contributed by atoms with Gasteiger partial charge in [-0.25, -0.2) is 9.78 Å². The van der Waals surface area contributed by atoms with Gasteiger partial charge in [0, 0.05) is 44.5 Å². The number of hydrogen-bond donors (Lipinski definition) is 0. The van der Waals surface area contributed by atoms with Crippen LogP contribution in [-0.4, -0.2) is 39.4 Å². The summed E-state index contributed by atoms with van der Waals surface area (Å²) in [5.41, 5.74) is 1.41. The van der Waals surface area contributed by atoms with Gasteiger partial charge in [0.25, 0.3) is 0 Å². The standard InChI is InChI=1S/C20H23N3O3/c1-22-11-8-21-18(22)12-14-6-9-23(10-7-14)19(24)13-17-15-4-2-3-5-16(15)20(25)26-17/h2-5,8,11,14,17H,6-7,9-10,12-13H2,1H3. The Labute approximate surface area is 152 Å². The van der Waals surface area contributed by atoms with Crippen LogP contribution in [0.3, 0.4) is 0 Å². The maximum atomic E-state index is 12.7. The molecule has 1 saturated heterocycles. The number of esters is 1. The molecule has 1 unspecified atom stereocenters. The van der Waals surface area contributed by atoms with Crippen molar-refractivity contribution >= 4 is 11.9 Å². The van der Waals surface area contributed by atoms with Crippen molar-refractivity contribution < 1.29 is 14.3 Å². The average molecular weight is 353 g/mol. The van der Waals surface area contributed by atoms with Gasteiger partial charge < -0.3 is 14.2 Å². The Morgan fingerprint density at radius 3 is 2.77 bits per heavy atom. The summed E-state index contributed by atoms with van der Waals surface area (Å²) >= 11 is 0. The summed E-state index contributed by atoms with van der Waals surface area (Å²) in [7, 11) is 2.02. The van der Waals surface area contributed by atoms with E-state index in [1.807, 2.05) is 42.5 Å². The Kier molecular flexibility index (Phi) is 4.49. The van der Waals surface area contributed by atoms with E-state index in [0.717, 1.165) is 43.7 Å². The lowest BCUT2D eigenvalue weighted by molar-refractivity contribution is -0.134. The lowest BCUT2D eigenvalue weighted by Crippen LogP contribution is -2.39. The van der Waals surface area contributed by atoms with Crippen LogP contribution >= 0.6 is 0 Å². The number of cyclic esters (lactones) is 1. The monoisotopic (exact) mass is 353 g/mol. The molecular formula is C20H23N3O3. The van der Waals surface area contributed by atoms with Crippen molar-refractivity contribution in [2.24, 2.45) is 13.0 Å². The van der Waals surface area contributed by atoms with E-state index in [-0.39, 0.29) is 18.3 Å². The lowest BCUT2D eigenvalue weighted by Gasteiger charge is -2.32. The zero-order valence-corrected chi connectivity index (χ0v) is 14.9. The maximum absolute atomic E-state index is 12.7. The van der Waals surface area contributed by atoms with Gasteiger partial charge in [0.05, 0.1) is 12.0 Å². The van der Waals surface area contributed by atoms with Crippen molar-refractivity contribution in [3.8, 4) is 0 Å². The molecular weight excluding hydrogens is 330 g/mol. The number of aryl methyl sites for hydroxylation is 1. The molecule has 2 aliphatic heterocycles. The summed E-state index contributed by atoms with van der Waals surface area (Å²) < 4.78 is 7.46. The molecule has 3 heterocycles. The molecule has 2 aromatic rings. The third kappa shape index (κ3) is 3.23. The molecule has 26 heavy (non-hydrogen) atoms. The largest absolute Gasteiger partial charge is 0.453 e. The Balaban J connectivity index is 1.32. The zero-order chi connectivity index (χ0) is 18.1. The molecule has 0 N–H and O–H groups in total. The van der Waals surface area contributed by atoms with Crippen LogP contribution in [0.2, 0.25) is 0 Å². The molecule has 1 aromatic carbocycles. The molecule has 6 heteroatoms. The maximum Gasteiger partial charge on any atom is 0.339 e. The van der Waals surface area contributed by atoms with E-state index < -0.39 is 6.10 Å². The number of carbonyl (C=O) groups is 2. The zero-order valence-electron chi connectivity index (χ0n) is 14.9. The highest BCUT2D eigenvalue weighted by Crippen LogP contribution is 2.33. The number of amides is 1. The van der Waals surface area contributed by atoms with Crippen molar-refractivity contribution in [3.63, 3.8) is 0 Å². The van der Waals surface area contributed by atoms with Gasteiger partial charge in [-0.05, 0) is 24.8 Å². The third-order valence-corrected chi connectivity index (χ3v) is 5.50. The summed E-state index contributed by atoms with van der Waals surface area (Å²) in [6, 6.07) is 7.32. The predicted octanol–water partition coefficient (Wildman–Crippen LogP) is 2.50. The van der Waals surface area contributed by atoms with Gasteiger partial charge in [-0.15, -0.1) is 0 Å². The van der Waals surface area contributed by atoms with Crippen molar-refractivity contribution in [2.45, 2.75) is 31.8 Å². The molecule has 4 rings (SSSR count). The van der Waals surface area contributed by atoms with E-state index in [1.165, 1.54) is 0 Å². The first kappa shape index (κ1) is 16.8. The second-order valence-corrected chi connectivity index (χ2v) is 7.17. The SMILES string of the molecule is Cn1ccnc1CC1CCN(C(=O)CC2OC(=O)c3ccccc32)CC1. The van der Waals surface area contributed by atoms with E-state index in [0.29, 0.717) is 11.5 Å². The number of hydrogen-bond acceptors (Lipinski definition) is 4. The summed E-state index contributed by atoms with van der Waals surface area (Å²) in [6.45, 7) is 1.52. The summed E-state index contributed by atoms with van der Waals surface area (Å²) in [6.07, 6.45) is 6.51. The van der Waals surface area contributed by atoms with Gasteiger partial charge in [0.2, 0.25) is 5.91 Å². The van der Waals surface area contributed by atoms with Gasteiger partial charge in [-0.3, -0.25) is 4.79 Å². The number of fused-ring (bicyclic) bond motifs is 1. The number of rotatable bonds is 4. The Morgan fingerprint density at radius 1 is 1.27 bits per heavy atom. The van der Waals surface area contributed by atoms with Crippen molar-refractivity contribution in [3.05, 3.63) is 53.6 Å². The van der Waals surface area contributed by atoms with Crippen LogP contribution in [-0.2, 0) is 23.0 Å². The molecule has 0 bridgehead atoms. The number of benzene rings is 1. The van der Waals surface area contributed by atoms with Crippen molar-refractivity contribution in [2.75, 3.05) is 13.1 Å². The number of ether oxygens (including phenoxy) is 1. The van der Waals surface area contributed by atoms with Crippen LogP contribution in [0.25, 0.3) is 0 Å². The fourth-order valence-corrected chi connectivity index (χ4v) is 3.90. The number of likely N-dealkylation sites (tertiary alicyclic amines) is 1. The highest BCUT2D eigenvalue weighted by atomic mass is 16.5. The van der Waals surface area contributed by atoms with Gasteiger partial charge in [0.15, 0.2) is 0 Å². The minimum absolute atomic E-state index is 0.0648. The quantitative estimate of drug-likeness (QED) is 0.792. The van der Waals surface area contributed by atoms with Crippen LogP contribution in [0, 0.1) is 5.92 Å². The molecule has 6 nitrogen and oxygen atoms in total. The van der Waals surface area contributed by atoms with Crippen LogP contribution in [0.5, 0.6) is 0 Å². The smallest absolute Gasteiger partial charge is 0.339 e. The van der Waals surface area contributed by atoms with E-state index in [9.17, 15) is 9.59 Å². The topological polar surface area (TPSA) is 64.4 Å². The Hall–Kier alpha value is -2.63. The number of nitrogens with zero attached hydrogens (tertiary/aromatic N) is 3. The first-order chi connectivity index (χ1) is 12.6. The summed E-state index contributed by atoms with van der Waals surface area (Å²) in [4.78, 5) is 30.9. The first-order valence-corrected chi connectivity index (χ1v) is 9.15. The number of carbonyl (C=O) groups excluding carboxylic acids is 2. The minimum atomic E-state index is -0.448. The number of piperidine rings is 1. The summed E-state index contributed by atoms with van der Waals surface area (Å²) in [5, 5.41) is 0. The molecule has 0 spiro atoms. The van der Waals surface area contributed by atoms with Gasteiger partial charge >= 0.3 is 5.97 Å². The van der Waals surface area contributed by atoms with Crippen LogP contribution < -0.4 is 0 Å². The normalized spacial score (nSPS) is 20.1. The molecule has 0 aliphatic carbocycles. The van der Waals surface area contributed by atoms with Gasteiger partial charge in [-0.1, -0.05) is 18.2 Å². The van der Waals surface area contributed by atoms with Crippen molar-refractivity contribution in [1.82, 2.24) is 14.5 Å². The molecule has 2 aliphatic rings. The van der Waals surface area contributed by atoms with Gasteiger partial charge in [-0.2, -0.15) is 0 Å². The van der Waals surface area contributed by atoms with Crippen LogP contribution in [0.4, 0.5) is 0 Å². The van der Waals surface area contributed by atoms with Crippen LogP contribution in [0.1, 0.15) is 47.1 Å². The fourth-order valence-electron chi connectivity index (χ4n) is 3.90. The van der Waals surface area contributed by atoms with E-state index in [2.05, 4.69) is 9.55 Å². The number of aromatic nitrogens is 2. The lowest BCUT2D eigenvalue weighted by atomic mass is 9.92. The van der Waals surface area contributed by atoms with E-state index >= 15 is 0 Å². The highest BCUT2D eigenvalue weighted by molar-refractivity contribution is 5.94. The van der Waals surface area contributed by atoms with Gasteiger partial charge in [0.1, 0.15) is 11.9 Å². The van der Waals surface area contributed by atoms with E-state index in [1.54, 1.807) is 6.07 Å². The third-order valence-electron chi connectivity index (χ3n) is 5.50. The molecule has 1 atom stereocenters. The molecule has 0 radical (unpaired) electrons. The Bertz CT molecular complexity index is 821. The second kappa shape index (κ2) is 6.94. The molecule has 0 saturated carbocycles. The minimum Gasteiger partial charge on any atom is -0.453 e. The average Bonchev–Trinajstić information content (AvgIpc) is 3.19. The van der Waals surface area contributed by atoms with Crippen molar-refractivity contribution in [1.29, 1.82) is 0 Å². The second-order valence-electron chi connectivity index (χ2n) is 7.17. The number of imidazole rings is 1. The fraction of sp³-hybridized carbons (Fsp3) is 0.450. The first-order valence-electron chi connectivity index (χ1n) is 9.15. The van der Waals surface area contributed by atoms with E-state index in [4.69, 9.17) is 4.74 Å². The summed E-state index contributed by atoms with van der Waals surface area (Å²) in [5.74, 6) is 1.40. The van der Waals surface area contributed by atoms with Crippen LogP contribution in [0.15, 0.2) is 36.7 Å². The molecule has 136 valence electrons. The predicted molar refractivity (Wildman–Crippen MR) is 95.4 cm³/mol. The molecule has 1 fully saturated rings. The Morgan fingerprint density at radius 2 is 2.04 bits per heavy atom. The molecule has 1 aromatic heterocycles.